The maximum Gasteiger partial charge on any atom is 0.412 e. The average molecular weight is 477 g/mol. The van der Waals surface area contributed by atoms with Crippen LogP contribution in [0.1, 0.15) is 54.1 Å². The number of rotatable bonds is 8. The Bertz CT molecular complexity index is 1230. The second-order valence-electron chi connectivity index (χ2n) is 8.56. The zero-order valence-corrected chi connectivity index (χ0v) is 19.9. The van der Waals surface area contributed by atoms with E-state index in [2.05, 4.69) is 27.9 Å². The van der Waals surface area contributed by atoms with Gasteiger partial charge in [-0.2, -0.15) is 5.10 Å². The fourth-order valence-corrected chi connectivity index (χ4v) is 4.55. The predicted molar refractivity (Wildman–Crippen MR) is 130 cm³/mol. The largest absolute Gasteiger partial charge is 0.480 e. The first kappa shape index (κ1) is 24.0. The highest BCUT2D eigenvalue weighted by atomic mass is 16.5. The zero-order chi connectivity index (χ0) is 25.2. The molecule has 1 heterocycles. The molecule has 2 aromatic carbocycles. The summed E-state index contributed by atoms with van der Waals surface area (Å²) in [4.78, 5) is 37.4. The van der Waals surface area contributed by atoms with Crippen molar-refractivity contribution in [3.8, 4) is 11.1 Å². The van der Waals surface area contributed by atoms with Crippen LogP contribution in [0.5, 0.6) is 0 Å². The van der Waals surface area contributed by atoms with Crippen LogP contribution in [0.25, 0.3) is 11.1 Å². The van der Waals surface area contributed by atoms with E-state index in [1.807, 2.05) is 36.4 Å². The number of nitrogens with zero attached hydrogens (tertiary/aromatic N) is 2. The highest BCUT2D eigenvalue weighted by Gasteiger charge is 2.37. The summed E-state index contributed by atoms with van der Waals surface area (Å²) < 4.78 is 6.91. The highest BCUT2D eigenvalue weighted by molar-refractivity contribution is 6.03. The summed E-state index contributed by atoms with van der Waals surface area (Å²) in [6.07, 6.45) is 1.09. The Hall–Kier alpha value is -4.14. The number of carbonyl (C=O) groups is 3. The van der Waals surface area contributed by atoms with E-state index in [0.29, 0.717) is 0 Å². The Balaban J connectivity index is 1.47. The Morgan fingerprint density at radius 2 is 1.60 bits per heavy atom. The minimum absolute atomic E-state index is 0.00582. The van der Waals surface area contributed by atoms with Gasteiger partial charge in [-0.25, -0.2) is 9.59 Å². The van der Waals surface area contributed by atoms with Crippen molar-refractivity contribution >= 4 is 23.8 Å². The molecule has 0 spiro atoms. The number of aryl methyl sites for hydroxylation is 1. The Morgan fingerprint density at radius 1 is 1.03 bits per heavy atom. The Labute approximate surface area is 203 Å². The molecule has 1 aromatic heterocycles. The summed E-state index contributed by atoms with van der Waals surface area (Å²) in [6, 6.07) is 16.0. The standard InChI is InChI=1S/C26H28N4O5/c1-4-26(5-2,24(32)33)28-23(31)20-14-30(3)29-22(20)27-25(34)35-15-21-18-12-8-6-10-16(18)17-11-7-9-13-19(17)21/h6-14,21H,4-5,15H2,1-3H3,(H,28,31)(H,32,33)(H,27,29,34). The van der Waals surface area contributed by atoms with Crippen LogP contribution in [-0.2, 0) is 16.6 Å². The van der Waals surface area contributed by atoms with Crippen molar-refractivity contribution in [2.75, 3.05) is 11.9 Å². The smallest absolute Gasteiger partial charge is 0.412 e. The van der Waals surface area contributed by atoms with Crippen molar-refractivity contribution in [2.24, 2.45) is 7.05 Å². The van der Waals surface area contributed by atoms with Crippen LogP contribution >= 0.6 is 0 Å². The van der Waals surface area contributed by atoms with Crippen molar-refractivity contribution in [1.82, 2.24) is 15.1 Å². The first-order valence-electron chi connectivity index (χ1n) is 11.5. The lowest BCUT2D eigenvalue weighted by atomic mass is 9.92. The van der Waals surface area contributed by atoms with Crippen LogP contribution in [0, 0.1) is 0 Å². The molecule has 0 unspecified atom stereocenters. The number of aromatic nitrogens is 2. The molecule has 0 atom stereocenters. The number of carboxylic acids is 1. The number of anilines is 1. The van der Waals surface area contributed by atoms with E-state index in [1.54, 1.807) is 20.9 Å². The molecule has 0 fully saturated rings. The molecule has 2 amide bonds. The number of carboxylic acid groups (broad SMARTS) is 1. The van der Waals surface area contributed by atoms with Crippen molar-refractivity contribution < 1.29 is 24.2 Å². The molecule has 0 bridgehead atoms. The molecule has 1 aliphatic rings. The van der Waals surface area contributed by atoms with Gasteiger partial charge in [-0.1, -0.05) is 62.4 Å². The number of nitrogens with one attached hydrogen (secondary N) is 2. The molecule has 3 N–H and O–H groups in total. The molecule has 0 aliphatic heterocycles. The first-order valence-corrected chi connectivity index (χ1v) is 11.5. The van der Waals surface area contributed by atoms with Crippen LogP contribution < -0.4 is 10.6 Å². The van der Waals surface area contributed by atoms with Gasteiger partial charge in [-0.05, 0) is 35.1 Å². The Kier molecular flexibility index (Phi) is 6.59. The Morgan fingerprint density at radius 3 is 2.14 bits per heavy atom. The molecule has 0 saturated heterocycles. The molecule has 182 valence electrons. The van der Waals surface area contributed by atoms with E-state index in [4.69, 9.17) is 4.74 Å². The third-order valence-electron chi connectivity index (χ3n) is 6.61. The predicted octanol–water partition coefficient (Wildman–Crippen LogP) is 4.15. The topological polar surface area (TPSA) is 123 Å². The van der Waals surface area contributed by atoms with Gasteiger partial charge < -0.3 is 15.2 Å². The van der Waals surface area contributed by atoms with Gasteiger partial charge in [0.2, 0.25) is 0 Å². The van der Waals surface area contributed by atoms with Crippen LogP contribution in [-0.4, -0.2) is 45.0 Å². The maximum absolute atomic E-state index is 12.9. The lowest BCUT2D eigenvalue weighted by Crippen LogP contribution is -2.53. The van der Waals surface area contributed by atoms with E-state index in [1.165, 1.54) is 10.9 Å². The zero-order valence-electron chi connectivity index (χ0n) is 19.9. The summed E-state index contributed by atoms with van der Waals surface area (Å²) in [6.45, 7) is 3.50. The number of fused-ring (bicyclic) bond motifs is 3. The van der Waals surface area contributed by atoms with Gasteiger partial charge in [0.05, 0.1) is 0 Å². The number of benzene rings is 2. The monoisotopic (exact) mass is 476 g/mol. The molecule has 9 heteroatoms. The van der Waals surface area contributed by atoms with E-state index in [-0.39, 0.29) is 36.7 Å². The summed E-state index contributed by atoms with van der Waals surface area (Å²) in [5.74, 6) is -1.87. The molecular formula is C26H28N4O5. The van der Waals surface area contributed by atoms with E-state index in [9.17, 15) is 19.5 Å². The normalized spacial score (nSPS) is 12.5. The van der Waals surface area contributed by atoms with Crippen molar-refractivity contribution in [3.05, 3.63) is 71.4 Å². The number of hydrogen-bond acceptors (Lipinski definition) is 5. The lowest BCUT2D eigenvalue weighted by Gasteiger charge is -2.27. The summed E-state index contributed by atoms with van der Waals surface area (Å²) in [7, 11) is 1.60. The van der Waals surface area contributed by atoms with Gasteiger partial charge in [0.15, 0.2) is 5.82 Å². The molecule has 1 aliphatic carbocycles. The average Bonchev–Trinajstić information content (AvgIpc) is 3.38. The van der Waals surface area contributed by atoms with Gasteiger partial charge in [0.25, 0.3) is 5.91 Å². The van der Waals surface area contributed by atoms with Crippen LogP contribution in [0.2, 0.25) is 0 Å². The van der Waals surface area contributed by atoms with Crippen molar-refractivity contribution in [3.63, 3.8) is 0 Å². The SMILES string of the molecule is CCC(CC)(NC(=O)c1cn(C)nc1NC(=O)OCC1c2ccccc2-c2ccccc21)C(=O)O. The lowest BCUT2D eigenvalue weighted by molar-refractivity contribution is -0.144. The third-order valence-corrected chi connectivity index (χ3v) is 6.61. The number of ether oxygens (including phenoxy) is 1. The molecule has 0 radical (unpaired) electrons. The minimum atomic E-state index is -1.41. The first-order chi connectivity index (χ1) is 16.8. The van der Waals surface area contributed by atoms with Gasteiger partial charge >= 0.3 is 12.1 Å². The van der Waals surface area contributed by atoms with Gasteiger partial charge in [-0.15, -0.1) is 0 Å². The minimum Gasteiger partial charge on any atom is -0.480 e. The molecule has 0 saturated carbocycles. The molecule has 3 aromatic rings. The van der Waals surface area contributed by atoms with Crippen LogP contribution in [0.3, 0.4) is 0 Å². The van der Waals surface area contributed by atoms with Gasteiger partial charge in [-0.3, -0.25) is 14.8 Å². The molecule has 35 heavy (non-hydrogen) atoms. The number of hydrogen-bond donors (Lipinski definition) is 3. The summed E-state index contributed by atoms with van der Waals surface area (Å²) in [5.41, 5.74) is 3.05. The molecule has 4 rings (SSSR count). The fourth-order valence-electron chi connectivity index (χ4n) is 4.55. The van der Waals surface area contributed by atoms with Gasteiger partial charge in [0.1, 0.15) is 17.7 Å². The van der Waals surface area contributed by atoms with E-state index < -0.39 is 23.5 Å². The number of amides is 2. The maximum atomic E-state index is 12.9. The second kappa shape index (κ2) is 9.61. The summed E-state index contributed by atoms with van der Waals surface area (Å²) in [5, 5.41) is 18.9. The van der Waals surface area contributed by atoms with Crippen molar-refractivity contribution in [1.29, 1.82) is 0 Å². The molecule has 9 nitrogen and oxygen atoms in total. The van der Waals surface area contributed by atoms with E-state index >= 15 is 0 Å². The van der Waals surface area contributed by atoms with E-state index in [0.717, 1.165) is 22.3 Å². The quantitative estimate of drug-likeness (QED) is 0.449. The summed E-state index contributed by atoms with van der Waals surface area (Å²) >= 11 is 0. The highest BCUT2D eigenvalue weighted by Crippen LogP contribution is 2.44. The number of aliphatic carboxylic acids is 1. The molecular weight excluding hydrogens is 448 g/mol. The fraction of sp³-hybridized carbons (Fsp3) is 0.308. The second-order valence-corrected chi connectivity index (χ2v) is 8.56. The van der Waals surface area contributed by atoms with Gasteiger partial charge in [0, 0.05) is 19.2 Å². The van der Waals surface area contributed by atoms with Crippen molar-refractivity contribution in [2.45, 2.75) is 38.1 Å². The van der Waals surface area contributed by atoms with Crippen LogP contribution in [0.15, 0.2) is 54.7 Å². The van der Waals surface area contributed by atoms with Crippen LogP contribution in [0.4, 0.5) is 10.6 Å². The third kappa shape index (κ3) is 4.49. The number of carbonyl (C=O) groups excluding carboxylic acids is 2.